The minimum absolute atomic E-state index is 0.0142. The number of ether oxygens (including phenoxy) is 2. The number of urea groups is 1. The molecule has 21 heavy (non-hydrogen) atoms. The first-order chi connectivity index (χ1) is 10.2. The van der Waals surface area contributed by atoms with Gasteiger partial charge >= 0.3 is 6.03 Å². The molecular formula is C16H28N2O3. The summed E-state index contributed by atoms with van der Waals surface area (Å²) in [5.41, 5.74) is 0.0142. The summed E-state index contributed by atoms with van der Waals surface area (Å²) in [5, 5.41) is 0. The topological polar surface area (TPSA) is 42.0 Å². The second kappa shape index (κ2) is 6.53. The average molecular weight is 296 g/mol. The van der Waals surface area contributed by atoms with Crippen molar-refractivity contribution in [2.75, 3.05) is 46.5 Å². The largest absolute Gasteiger partial charge is 0.385 e. The van der Waals surface area contributed by atoms with Crippen LogP contribution in [0.15, 0.2) is 0 Å². The van der Waals surface area contributed by atoms with Crippen LogP contribution in [-0.4, -0.2) is 67.9 Å². The van der Waals surface area contributed by atoms with Gasteiger partial charge in [0.1, 0.15) is 0 Å². The highest BCUT2D eigenvalue weighted by Gasteiger charge is 2.46. The Bertz CT molecular complexity index is 361. The minimum Gasteiger partial charge on any atom is -0.385 e. The maximum Gasteiger partial charge on any atom is 0.320 e. The van der Waals surface area contributed by atoms with Crippen molar-refractivity contribution in [2.45, 2.75) is 44.1 Å². The van der Waals surface area contributed by atoms with Crippen LogP contribution in [0.1, 0.15) is 38.5 Å². The molecule has 0 radical (unpaired) electrons. The van der Waals surface area contributed by atoms with Gasteiger partial charge in [0.15, 0.2) is 0 Å². The molecule has 3 aliphatic rings. The normalized spacial score (nSPS) is 28.5. The molecule has 0 unspecified atom stereocenters. The Morgan fingerprint density at radius 3 is 2.52 bits per heavy atom. The third kappa shape index (κ3) is 3.04. The van der Waals surface area contributed by atoms with E-state index in [1.165, 1.54) is 0 Å². The summed E-state index contributed by atoms with van der Waals surface area (Å²) in [5.74, 6) is 0.599. The van der Waals surface area contributed by atoms with Crippen molar-refractivity contribution in [3.8, 4) is 0 Å². The van der Waals surface area contributed by atoms with Crippen molar-refractivity contribution < 1.29 is 14.3 Å². The summed E-state index contributed by atoms with van der Waals surface area (Å²) in [4.78, 5) is 16.5. The Labute approximate surface area is 127 Å². The van der Waals surface area contributed by atoms with Crippen LogP contribution in [0.3, 0.4) is 0 Å². The number of hydrogen-bond donors (Lipinski definition) is 0. The number of piperidine rings is 1. The predicted molar refractivity (Wildman–Crippen MR) is 80.3 cm³/mol. The zero-order chi connectivity index (χ0) is 14.7. The van der Waals surface area contributed by atoms with Crippen molar-refractivity contribution in [1.82, 2.24) is 9.80 Å². The van der Waals surface area contributed by atoms with Gasteiger partial charge in [0.05, 0.1) is 5.60 Å². The van der Waals surface area contributed by atoms with Gasteiger partial charge in [-0.25, -0.2) is 4.79 Å². The molecule has 3 heterocycles. The summed E-state index contributed by atoms with van der Waals surface area (Å²) in [6.45, 7) is 5.25. The number of rotatable bonds is 3. The van der Waals surface area contributed by atoms with E-state index >= 15 is 0 Å². The smallest absolute Gasteiger partial charge is 0.320 e. The fourth-order valence-corrected chi connectivity index (χ4v) is 4.19. The summed E-state index contributed by atoms with van der Waals surface area (Å²) in [6.07, 6.45) is 6.51. The molecule has 0 aliphatic carbocycles. The van der Waals surface area contributed by atoms with Crippen molar-refractivity contribution in [2.24, 2.45) is 5.92 Å². The first-order valence-electron chi connectivity index (χ1n) is 8.42. The molecule has 0 N–H and O–H groups in total. The van der Waals surface area contributed by atoms with E-state index in [-0.39, 0.29) is 11.6 Å². The highest BCUT2D eigenvalue weighted by molar-refractivity contribution is 5.74. The van der Waals surface area contributed by atoms with Gasteiger partial charge in [-0.2, -0.15) is 0 Å². The van der Waals surface area contributed by atoms with Gasteiger partial charge in [0, 0.05) is 46.5 Å². The third-order valence-corrected chi connectivity index (χ3v) is 5.53. The molecule has 5 heteroatoms. The van der Waals surface area contributed by atoms with Crippen LogP contribution in [0.25, 0.3) is 0 Å². The standard InChI is InChI=1S/C16H28N2O3/c1-20-12-4-14-5-13-21-16(14)6-10-18(11-7-16)15(19)17-8-2-3-9-17/h14H,2-13H2,1H3/t14-/m0/s1. The van der Waals surface area contributed by atoms with E-state index in [9.17, 15) is 4.79 Å². The number of carbonyl (C=O) groups is 1. The van der Waals surface area contributed by atoms with E-state index in [2.05, 4.69) is 0 Å². The van der Waals surface area contributed by atoms with Crippen LogP contribution >= 0.6 is 0 Å². The quantitative estimate of drug-likeness (QED) is 0.801. The summed E-state index contributed by atoms with van der Waals surface area (Å²) in [6, 6.07) is 0.244. The van der Waals surface area contributed by atoms with Gasteiger partial charge in [0.25, 0.3) is 0 Å². The molecule has 3 rings (SSSR count). The molecule has 2 amide bonds. The number of likely N-dealkylation sites (tertiary alicyclic amines) is 2. The number of nitrogens with zero attached hydrogens (tertiary/aromatic N) is 2. The number of methoxy groups -OCH3 is 1. The molecule has 1 atom stereocenters. The molecule has 0 saturated carbocycles. The fraction of sp³-hybridized carbons (Fsp3) is 0.938. The Balaban J connectivity index is 1.55. The van der Waals surface area contributed by atoms with E-state index in [0.29, 0.717) is 5.92 Å². The van der Waals surface area contributed by atoms with E-state index in [4.69, 9.17) is 9.47 Å². The molecule has 0 bridgehead atoms. The predicted octanol–water partition coefficient (Wildman–Crippen LogP) is 2.11. The zero-order valence-corrected chi connectivity index (χ0v) is 13.2. The minimum atomic E-state index is 0.0142. The van der Waals surface area contributed by atoms with Crippen LogP contribution < -0.4 is 0 Å². The first kappa shape index (κ1) is 15.1. The van der Waals surface area contributed by atoms with Gasteiger partial charge < -0.3 is 19.3 Å². The van der Waals surface area contributed by atoms with Gasteiger partial charge in [-0.15, -0.1) is 0 Å². The Morgan fingerprint density at radius 1 is 1.19 bits per heavy atom. The summed E-state index contributed by atoms with van der Waals surface area (Å²) >= 11 is 0. The zero-order valence-electron chi connectivity index (χ0n) is 13.2. The van der Waals surface area contributed by atoms with Crippen LogP contribution in [0, 0.1) is 5.92 Å². The third-order valence-electron chi connectivity index (χ3n) is 5.53. The summed E-state index contributed by atoms with van der Waals surface area (Å²) < 4.78 is 11.4. The molecule has 3 aliphatic heterocycles. The number of hydrogen-bond acceptors (Lipinski definition) is 3. The van der Waals surface area contributed by atoms with Gasteiger partial charge in [-0.1, -0.05) is 0 Å². The molecule has 120 valence electrons. The van der Waals surface area contributed by atoms with Crippen molar-refractivity contribution >= 4 is 6.03 Å². The van der Waals surface area contributed by atoms with Crippen molar-refractivity contribution in [3.63, 3.8) is 0 Å². The fourth-order valence-electron chi connectivity index (χ4n) is 4.19. The van der Waals surface area contributed by atoms with E-state index in [1.807, 2.05) is 9.80 Å². The Hall–Kier alpha value is -0.810. The monoisotopic (exact) mass is 296 g/mol. The van der Waals surface area contributed by atoms with Crippen molar-refractivity contribution in [3.05, 3.63) is 0 Å². The van der Waals surface area contributed by atoms with E-state index in [0.717, 1.165) is 77.9 Å². The molecule has 0 aromatic carbocycles. The lowest BCUT2D eigenvalue weighted by Crippen LogP contribution is -2.52. The second-order valence-corrected chi connectivity index (χ2v) is 6.64. The first-order valence-corrected chi connectivity index (χ1v) is 8.42. The van der Waals surface area contributed by atoms with Crippen LogP contribution in [0.5, 0.6) is 0 Å². The van der Waals surface area contributed by atoms with Crippen LogP contribution in [0.4, 0.5) is 4.79 Å². The number of amides is 2. The lowest BCUT2D eigenvalue weighted by molar-refractivity contribution is -0.0659. The molecule has 5 nitrogen and oxygen atoms in total. The molecule has 3 saturated heterocycles. The van der Waals surface area contributed by atoms with Gasteiger partial charge in [-0.3, -0.25) is 0 Å². The van der Waals surface area contributed by atoms with Crippen molar-refractivity contribution in [1.29, 1.82) is 0 Å². The van der Waals surface area contributed by atoms with E-state index in [1.54, 1.807) is 7.11 Å². The summed E-state index contributed by atoms with van der Waals surface area (Å²) in [7, 11) is 1.76. The lowest BCUT2D eigenvalue weighted by atomic mass is 9.78. The van der Waals surface area contributed by atoms with Gasteiger partial charge in [-0.05, 0) is 44.4 Å². The second-order valence-electron chi connectivity index (χ2n) is 6.64. The highest BCUT2D eigenvalue weighted by Crippen LogP contribution is 2.42. The molecular weight excluding hydrogens is 268 g/mol. The highest BCUT2D eigenvalue weighted by atomic mass is 16.5. The maximum atomic E-state index is 12.4. The molecule has 1 spiro atoms. The molecule has 0 aromatic rings. The number of carbonyl (C=O) groups excluding carboxylic acids is 1. The molecule has 3 fully saturated rings. The average Bonchev–Trinajstić information content (AvgIpc) is 3.16. The van der Waals surface area contributed by atoms with Crippen LogP contribution in [0.2, 0.25) is 0 Å². The SMILES string of the molecule is COCC[C@H]1CCOC12CCN(C(=O)N1CCCC1)CC2. The van der Waals surface area contributed by atoms with E-state index < -0.39 is 0 Å². The van der Waals surface area contributed by atoms with Gasteiger partial charge in [0.2, 0.25) is 0 Å². The van der Waals surface area contributed by atoms with Crippen LogP contribution in [-0.2, 0) is 9.47 Å². The Morgan fingerprint density at radius 2 is 1.86 bits per heavy atom. The molecule has 0 aromatic heterocycles. The maximum absolute atomic E-state index is 12.4. The Kier molecular flexibility index (Phi) is 4.69. The lowest BCUT2D eigenvalue weighted by Gasteiger charge is -2.43.